The topological polar surface area (TPSA) is 130 Å². The fourth-order valence-electron chi connectivity index (χ4n) is 7.16. The van der Waals surface area contributed by atoms with Crippen molar-refractivity contribution < 1.29 is 47.6 Å². The molecule has 2 aliphatic rings. The third-order valence-electron chi connectivity index (χ3n) is 10.9. The third kappa shape index (κ3) is 12.2. The van der Waals surface area contributed by atoms with Crippen molar-refractivity contribution in [3.63, 3.8) is 0 Å². The molecule has 2 saturated heterocycles. The van der Waals surface area contributed by atoms with Crippen LogP contribution in [-0.2, 0) is 19.1 Å². The first-order valence-corrected chi connectivity index (χ1v) is 21.3. The van der Waals surface area contributed by atoms with Crippen molar-refractivity contribution in [3.05, 3.63) is 145 Å². The van der Waals surface area contributed by atoms with E-state index >= 15 is 0 Å². The van der Waals surface area contributed by atoms with E-state index in [0.717, 1.165) is 97.6 Å². The zero-order valence-electron chi connectivity index (χ0n) is 34.4. The number of carbonyl (C=O) groups is 4. The summed E-state index contributed by atoms with van der Waals surface area (Å²) >= 11 is 0. The van der Waals surface area contributed by atoms with Gasteiger partial charge < -0.3 is 28.4 Å². The summed E-state index contributed by atoms with van der Waals surface area (Å²) in [6.07, 6.45) is 9.44. The normalized spacial score (nSPS) is 15.1. The van der Waals surface area contributed by atoms with E-state index in [1.165, 1.54) is 0 Å². The number of carbonyl (C=O) groups excluding carboxylic acids is 4. The van der Waals surface area contributed by atoms with E-state index < -0.39 is 11.9 Å². The Morgan fingerprint density at radius 3 is 1.13 bits per heavy atom. The average Bonchev–Trinajstić information content (AvgIpc) is 4.24. The van der Waals surface area contributed by atoms with Gasteiger partial charge in [-0.15, -0.1) is 0 Å². The standard InChI is InChI=1S/C52H48O10/c53-49(9-5-1-3-7-47-33-57-47)59-43-25-19-37(20-26-43)35-11-15-40(16-12-35)51(55)61-45-29-23-39-24-30-46(32-42(39)31-45)62-52(56)41-17-13-36(14-18-41)38-21-27-44(28-22-38)60-50(54)10-6-2-4-8-48-34-58-48/h11-32,47-48H,1-10,33-34H2. The molecule has 0 bridgehead atoms. The number of hydrogen-bond acceptors (Lipinski definition) is 10. The monoisotopic (exact) mass is 832 g/mol. The maximum atomic E-state index is 13.1. The van der Waals surface area contributed by atoms with Crippen molar-refractivity contribution >= 4 is 34.6 Å². The highest BCUT2D eigenvalue weighted by Gasteiger charge is 2.22. The van der Waals surface area contributed by atoms with Gasteiger partial charge >= 0.3 is 23.9 Å². The van der Waals surface area contributed by atoms with Crippen LogP contribution < -0.4 is 18.9 Å². The van der Waals surface area contributed by atoms with Gasteiger partial charge in [-0.05, 0) is 132 Å². The quantitative estimate of drug-likeness (QED) is 0.0317. The molecule has 2 fully saturated rings. The van der Waals surface area contributed by atoms with E-state index in [2.05, 4.69) is 0 Å². The third-order valence-corrected chi connectivity index (χ3v) is 10.9. The number of ether oxygens (including phenoxy) is 6. The van der Waals surface area contributed by atoms with Gasteiger partial charge in [-0.1, -0.05) is 86.3 Å². The predicted molar refractivity (Wildman–Crippen MR) is 235 cm³/mol. The highest BCUT2D eigenvalue weighted by molar-refractivity contribution is 5.94. The molecule has 10 nitrogen and oxygen atoms in total. The highest BCUT2D eigenvalue weighted by atomic mass is 16.6. The SMILES string of the molecule is O=C(CCCCCC1CO1)Oc1ccc(-c2ccc(C(=O)Oc3ccc4ccc(OC(=O)c5ccc(-c6ccc(OC(=O)CCCCCC7CO7)cc6)cc5)cc4c3)cc2)cc1. The summed E-state index contributed by atoms with van der Waals surface area (Å²) in [5, 5.41) is 1.61. The summed E-state index contributed by atoms with van der Waals surface area (Å²) in [6, 6.07) is 39.3. The molecule has 0 N–H and O–H groups in total. The molecule has 316 valence electrons. The van der Waals surface area contributed by atoms with Crippen molar-refractivity contribution in [1.29, 1.82) is 0 Å². The van der Waals surface area contributed by atoms with Crippen LogP contribution in [-0.4, -0.2) is 49.3 Å². The molecule has 2 atom stereocenters. The number of epoxide rings is 2. The zero-order chi connectivity index (χ0) is 42.7. The van der Waals surface area contributed by atoms with Gasteiger partial charge in [-0.2, -0.15) is 0 Å². The number of benzene rings is 6. The molecular formula is C52H48O10. The van der Waals surface area contributed by atoms with Crippen molar-refractivity contribution in [2.75, 3.05) is 13.2 Å². The van der Waals surface area contributed by atoms with Gasteiger partial charge in [0.2, 0.25) is 0 Å². The first kappa shape index (κ1) is 42.1. The van der Waals surface area contributed by atoms with Gasteiger partial charge in [0.05, 0.1) is 36.5 Å². The van der Waals surface area contributed by atoms with Crippen LogP contribution in [0.25, 0.3) is 33.0 Å². The fraction of sp³-hybridized carbons (Fsp3) is 0.269. The minimum absolute atomic E-state index is 0.240. The molecule has 0 amide bonds. The van der Waals surface area contributed by atoms with Crippen LogP contribution in [0.3, 0.4) is 0 Å². The number of rotatable bonds is 20. The van der Waals surface area contributed by atoms with E-state index in [1.807, 2.05) is 60.7 Å². The van der Waals surface area contributed by atoms with Crippen LogP contribution >= 0.6 is 0 Å². The van der Waals surface area contributed by atoms with E-state index in [0.29, 0.717) is 59.2 Å². The van der Waals surface area contributed by atoms with Gasteiger partial charge in [-0.3, -0.25) is 9.59 Å². The summed E-state index contributed by atoms with van der Waals surface area (Å²) in [5.41, 5.74) is 4.38. The molecule has 6 aromatic rings. The molecule has 2 unspecified atom stereocenters. The molecule has 62 heavy (non-hydrogen) atoms. The minimum Gasteiger partial charge on any atom is -0.427 e. The zero-order valence-corrected chi connectivity index (χ0v) is 34.4. The van der Waals surface area contributed by atoms with Gasteiger partial charge in [0.15, 0.2) is 0 Å². The number of fused-ring (bicyclic) bond motifs is 1. The Bertz CT molecular complexity index is 2310. The van der Waals surface area contributed by atoms with Crippen molar-refractivity contribution in [1.82, 2.24) is 0 Å². The number of esters is 4. The lowest BCUT2D eigenvalue weighted by atomic mass is 10.0. The van der Waals surface area contributed by atoms with Gasteiger partial charge in [0, 0.05) is 12.8 Å². The Morgan fingerprint density at radius 2 is 0.758 bits per heavy atom. The summed E-state index contributed by atoms with van der Waals surface area (Å²) in [7, 11) is 0. The molecule has 2 heterocycles. The molecule has 0 radical (unpaired) electrons. The Hall–Kier alpha value is -6.62. The maximum absolute atomic E-state index is 13.1. The van der Waals surface area contributed by atoms with E-state index in [4.69, 9.17) is 28.4 Å². The molecule has 10 heteroatoms. The lowest BCUT2D eigenvalue weighted by molar-refractivity contribution is -0.135. The molecule has 2 aliphatic heterocycles. The average molecular weight is 833 g/mol. The molecular weight excluding hydrogens is 785 g/mol. The lowest BCUT2D eigenvalue weighted by Crippen LogP contribution is -2.09. The Kier molecular flexibility index (Phi) is 13.8. The minimum atomic E-state index is -0.513. The predicted octanol–water partition coefficient (Wildman–Crippen LogP) is 11.1. The number of hydrogen-bond donors (Lipinski definition) is 0. The van der Waals surface area contributed by atoms with E-state index in [9.17, 15) is 19.2 Å². The molecule has 0 spiro atoms. The summed E-state index contributed by atoms with van der Waals surface area (Å²) in [4.78, 5) is 50.8. The number of unbranched alkanes of at least 4 members (excludes halogenated alkanes) is 4. The first-order valence-electron chi connectivity index (χ1n) is 21.3. The van der Waals surface area contributed by atoms with Gasteiger partial charge in [0.25, 0.3) is 0 Å². The lowest BCUT2D eigenvalue weighted by Gasteiger charge is -2.09. The van der Waals surface area contributed by atoms with E-state index in [1.54, 1.807) is 72.8 Å². The second kappa shape index (κ2) is 20.3. The highest BCUT2D eigenvalue weighted by Crippen LogP contribution is 2.29. The van der Waals surface area contributed by atoms with Crippen LogP contribution in [0.1, 0.15) is 84.9 Å². The van der Waals surface area contributed by atoms with Crippen molar-refractivity contribution in [3.8, 4) is 45.3 Å². The maximum Gasteiger partial charge on any atom is 0.343 e. The largest absolute Gasteiger partial charge is 0.427 e. The molecule has 0 aromatic heterocycles. The Morgan fingerprint density at radius 1 is 0.403 bits per heavy atom. The van der Waals surface area contributed by atoms with Crippen LogP contribution in [0.5, 0.6) is 23.0 Å². The van der Waals surface area contributed by atoms with Gasteiger partial charge in [-0.25, -0.2) is 9.59 Å². The Labute approximate surface area is 360 Å². The molecule has 0 aliphatic carbocycles. The van der Waals surface area contributed by atoms with Crippen LogP contribution in [0.15, 0.2) is 133 Å². The fourth-order valence-corrected chi connectivity index (χ4v) is 7.16. The van der Waals surface area contributed by atoms with Crippen LogP contribution in [0.2, 0.25) is 0 Å². The van der Waals surface area contributed by atoms with Crippen molar-refractivity contribution in [2.45, 2.75) is 76.4 Å². The molecule has 0 saturated carbocycles. The van der Waals surface area contributed by atoms with Crippen molar-refractivity contribution in [2.24, 2.45) is 0 Å². The van der Waals surface area contributed by atoms with Crippen LogP contribution in [0, 0.1) is 0 Å². The summed E-state index contributed by atoms with van der Waals surface area (Å²) < 4.78 is 32.9. The molecule has 8 rings (SSSR count). The Balaban J connectivity index is 0.798. The molecule has 6 aromatic carbocycles. The summed E-state index contributed by atoms with van der Waals surface area (Å²) in [6.45, 7) is 1.73. The summed E-state index contributed by atoms with van der Waals surface area (Å²) in [5.74, 6) is 0.180. The second-order valence-corrected chi connectivity index (χ2v) is 15.7. The van der Waals surface area contributed by atoms with Gasteiger partial charge in [0.1, 0.15) is 23.0 Å². The smallest absolute Gasteiger partial charge is 0.343 e. The first-order chi connectivity index (χ1) is 30.3. The van der Waals surface area contributed by atoms with E-state index in [-0.39, 0.29) is 11.9 Å². The second-order valence-electron chi connectivity index (χ2n) is 15.7. The van der Waals surface area contributed by atoms with Crippen LogP contribution in [0.4, 0.5) is 0 Å².